The number of aromatic nitrogens is 3. The van der Waals surface area contributed by atoms with Crippen LogP contribution in [0.1, 0.15) is 18.9 Å². The van der Waals surface area contributed by atoms with Gasteiger partial charge in [0.05, 0.1) is 0 Å². The molecule has 6 rings (SSSR count). The van der Waals surface area contributed by atoms with Gasteiger partial charge in [0.1, 0.15) is 17.1 Å². The van der Waals surface area contributed by atoms with Gasteiger partial charge in [0.2, 0.25) is 0 Å². The van der Waals surface area contributed by atoms with E-state index in [1.54, 1.807) is 12.1 Å². The van der Waals surface area contributed by atoms with E-state index in [9.17, 15) is 13.2 Å². The number of hydrogen-bond acceptors (Lipinski definition) is 4. The molecule has 1 saturated heterocycles. The van der Waals surface area contributed by atoms with Crippen molar-refractivity contribution in [1.29, 1.82) is 0 Å². The predicted molar refractivity (Wildman–Crippen MR) is 134 cm³/mol. The van der Waals surface area contributed by atoms with Crippen LogP contribution in [-0.2, 0) is 0 Å². The second-order valence-corrected chi connectivity index (χ2v) is 8.99. The second kappa shape index (κ2) is 8.95. The van der Waals surface area contributed by atoms with Crippen molar-refractivity contribution in [2.24, 2.45) is 0 Å². The molecule has 0 atom stereocenters. The van der Waals surface area contributed by atoms with Crippen LogP contribution in [0, 0.1) is 0 Å². The molecule has 0 spiro atoms. The minimum atomic E-state index is -4.76. The normalized spacial score (nSPS) is 15.0. The van der Waals surface area contributed by atoms with Crippen molar-refractivity contribution in [3.63, 3.8) is 0 Å². The van der Waals surface area contributed by atoms with Gasteiger partial charge in [-0.1, -0.05) is 48.5 Å². The Morgan fingerprint density at radius 1 is 0.833 bits per heavy atom. The number of ether oxygens (including phenoxy) is 1. The summed E-state index contributed by atoms with van der Waals surface area (Å²) in [5.74, 6) is 0.321. The van der Waals surface area contributed by atoms with Crippen molar-refractivity contribution in [1.82, 2.24) is 19.9 Å². The van der Waals surface area contributed by atoms with Crippen LogP contribution in [0.3, 0.4) is 0 Å². The molecule has 5 aromatic rings. The molecule has 1 aliphatic heterocycles. The predicted octanol–water partition coefficient (Wildman–Crippen LogP) is 6.74. The molecule has 3 heterocycles. The number of pyridine rings is 1. The Morgan fingerprint density at radius 2 is 1.64 bits per heavy atom. The van der Waals surface area contributed by atoms with Gasteiger partial charge in [-0.25, -0.2) is 9.97 Å². The molecule has 1 aliphatic rings. The molecule has 0 bridgehead atoms. The van der Waals surface area contributed by atoms with Crippen molar-refractivity contribution in [2.75, 3.05) is 13.1 Å². The molecule has 182 valence electrons. The van der Waals surface area contributed by atoms with E-state index in [0.29, 0.717) is 16.9 Å². The lowest BCUT2D eigenvalue weighted by Crippen LogP contribution is -2.29. The number of imidazole rings is 1. The third kappa shape index (κ3) is 4.40. The Hall–Kier alpha value is -3.91. The van der Waals surface area contributed by atoms with Gasteiger partial charge in [0.25, 0.3) is 0 Å². The van der Waals surface area contributed by atoms with Gasteiger partial charge in [-0.3, -0.25) is 0 Å². The van der Waals surface area contributed by atoms with Gasteiger partial charge in [-0.2, -0.15) is 0 Å². The Kier molecular flexibility index (Phi) is 5.60. The largest absolute Gasteiger partial charge is 0.573 e. The summed E-state index contributed by atoms with van der Waals surface area (Å²) in [6.07, 6.45) is -1.15. The summed E-state index contributed by atoms with van der Waals surface area (Å²) in [7, 11) is 0. The summed E-state index contributed by atoms with van der Waals surface area (Å²) >= 11 is 0. The Labute approximate surface area is 205 Å². The minimum Gasteiger partial charge on any atom is -0.406 e. The first-order valence-corrected chi connectivity index (χ1v) is 11.9. The second-order valence-electron chi connectivity index (χ2n) is 8.99. The molecule has 36 heavy (non-hydrogen) atoms. The SMILES string of the molecule is FC(F)(F)Oc1cccc(-c2nc3cc(-c4ccc5ccccc5c4)cnc3n2C2CCNCC2)c1. The van der Waals surface area contributed by atoms with E-state index in [-0.39, 0.29) is 11.8 Å². The van der Waals surface area contributed by atoms with E-state index < -0.39 is 6.36 Å². The highest BCUT2D eigenvalue weighted by Gasteiger charge is 2.31. The zero-order valence-electron chi connectivity index (χ0n) is 19.3. The smallest absolute Gasteiger partial charge is 0.406 e. The third-order valence-electron chi connectivity index (χ3n) is 6.61. The molecular formula is C28H23F3N4O. The fourth-order valence-electron chi connectivity index (χ4n) is 4.96. The van der Waals surface area contributed by atoms with Crippen LogP contribution in [0.15, 0.2) is 79.0 Å². The Bertz CT molecular complexity index is 1550. The highest BCUT2D eigenvalue weighted by atomic mass is 19.4. The number of piperidine rings is 1. The average Bonchev–Trinajstić information content (AvgIpc) is 3.27. The van der Waals surface area contributed by atoms with Crippen LogP contribution >= 0.6 is 0 Å². The highest BCUT2D eigenvalue weighted by molar-refractivity contribution is 5.89. The fraction of sp³-hybridized carbons (Fsp3) is 0.214. The summed E-state index contributed by atoms with van der Waals surface area (Å²) < 4.78 is 44.8. The first-order chi connectivity index (χ1) is 17.4. The van der Waals surface area contributed by atoms with E-state index in [0.717, 1.165) is 53.5 Å². The summed E-state index contributed by atoms with van der Waals surface area (Å²) in [5, 5.41) is 5.66. The van der Waals surface area contributed by atoms with E-state index >= 15 is 0 Å². The average molecular weight is 489 g/mol. The maximum atomic E-state index is 12.9. The molecule has 0 aliphatic carbocycles. The number of hydrogen-bond donors (Lipinski definition) is 1. The topological polar surface area (TPSA) is 52.0 Å². The summed E-state index contributed by atoms with van der Waals surface area (Å²) in [4.78, 5) is 9.70. The van der Waals surface area contributed by atoms with E-state index in [1.165, 1.54) is 12.1 Å². The van der Waals surface area contributed by atoms with Crippen molar-refractivity contribution < 1.29 is 17.9 Å². The summed E-state index contributed by atoms with van der Waals surface area (Å²) in [5.41, 5.74) is 3.95. The van der Waals surface area contributed by atoms with Crippen LogP contribution in [0.2, 0.25) is 0 Å². The number of nitrogens with zero attached hydrogens (tertiary/aromatic N) is 3. The molecule has 3 aromatic carbocycles. The minimum absolute atomic E-state index is 0.137. The standard InChI is InChI=1S/C28H23F3N4O/c29-28(30,31)36-24-7-3-6-21(15-24)26-34-25-16-22(20-9-8-18-4-1-2-5-19(18)14-20)17-33-27(25)35(26)23-10-12-32-13-11-23/h1-9,14-17,23,32H,10-13H2. The van der Waals surface area contributed by atoms with Gasteiger partial charge in [-0.05, 0) is 66.5 Å². The van der Waals surface area contributed by atoms with Gasteiger partial charge in [0, 0.05) is 23.4 Å². The summed E-state index contributed by atoms with van der Waals surface area (Å²) in [6.45, 7) is 1.71. The van der Waals surface area contributed by atoms with E-state index in [4.69, 9.17) is 9.97 Å². The van der Waals surface area contributed by atoms with E-state index in [2.05, 4.69) is 45.0 Å². The van der Waals surface area contributed by atoms with Crippen molar-refractivity contribution in [3.8, 4) is 28.3 Å². The molecule has 0 unspecified atom stereocenters. The molecular weight excluding hydrogens is 465 g/mol. The third-order valence-corrected chi connectivity index (χ3v) is 6.61. The quantitative estimate of drug-likeness (QED) is 0.304. The van der Waals surface area contributed by atoms with Gasteiger partial charge in [-0.15, -0.1) is 13.2 Å². The lowest BCUT2D eigenvalue weighted by Gasteiger charge is -2.26. The molecule has 1 N–H and O–H groups in total. The van der Waals surface area contributed by atoms with Gasteiger partial charge >= 0.3 is 6.36 Å². The van der Waals surface area contributed by atoms with Crippen LogP contribution in [0.25, 0.3) is 44.5 Å². The fourth-order valence-corrected chi connectivity index (χ4v) is 4.96. The van der Waals surface area contributed by atoms with Crippen molar-refractivity contribution in [3.05, 3.63) is 79.0 Å². The van der Waals surface area contributed by atoms with Crippen LogP contribution in [0.4, 0.5) is 13.2 Å². The first-order valence-electron chi connectivity index (χ1n) is 11.9. The lowest BCUT2D eigenvalue weighted by atomic mass is 10.0. The van der Waals surface area contributed by atoms with Gasteiger partial charge < -0.3 is 14.6 Å². The van der Waals surface area contributed by atoms with Crippen molar-refractivity contribution in [2.45, 2.75) is 25.2 Å². The molecule has 0 radical (unpaired) electrons. The number of rotatable bonds is 4. The van der Waals surface area contributed by atoms with Crippen LogP contribution < -0.4 is 10.1 Å². The maximum Gasteiger partial charge on any atom is 0.573 e. The monoisotopic (exact) mass is 488 g/mol. The highest BCUT2D eigenvalue weighted by Crippen LogP contribution is 2.35. The molecule has 1 fully saturated rings. The number of benzene rings is 3. The lowest BCUT2D eigenvalue weighted by molar-refractivity contribution is -0.274. The van der Waals surface area contributed by atoms with E-state index in [1.807, 2.05) is 24.4 Å². The van der Waals surface area contributed by atoms with Gasteiger partial charge in [0.15, 0.2) is 5.65 Å². The molecule has 5 nitrogen and oxygen atoms in total. The molecule has 8 heteroatoms. The molecule has 0 amide bonds. The number of nitrogens with one attached hydrogen (secondary N) is 1. The Balaban J connectivity index is 1.48. The Morgan fingerprint density at radius 3 is 2.44 bits per heavy atom. The zero-order chi connectivity index (χ0) is 24.7. The summed E-state index contributed by atoms with van der Waals surface area (Å²) in [6, 6.07) is 22.6. The number of halogens is 3. The molecule has 2 aromatic heterocycles. The van der Waals surface area contributed by atoms with Crippen LogP contribution in [0.5, 0.6) is 5.75 Å². The maximum absolute atomic E-state index is 12.9. The first kappa shape index (κ1) is 22.5. The zero-order valence-corrected chi connectivity index (χ0v) is 19.3. The number of fused-ring (bicyclic) bond motifs is 2. The number of alkyl halides is 3. The van der Waals surface area contributed by atoms with Crippen molar-refractivity contribution >= 4 is 21.9 Å². The van der Waals surface area contributed by atoms with Crippen LogP contribution in [-0.4, -0.2) is 34.0 Å². The molecule has 0 saturated carbocycles.